The van der Waals surface area contributed by atoms with Crippen LogP contribution in [-0.2, 0) is 25.6 Å². The van der Waals surface area contributed by atoms with Gasteiger partial charge in [-0.25, -0.2) is 14.4 Å². The van der Waals surface area contributed by atoms with Crippen molar-refractivity contribution in [1.29, 1.82) is 0 Å². The molecule has 0 aromatic heterocycles. The molecule has 0 fully saturated rings. The van der Waals surface area contributed by atoms with E-state index in [1.165, 1.54) is 24.3 Å². The number of hydrogen-bond acceptors (Lipinski definition) is 7. The van der Waals surface area contributed by atoms with Gasteiger partial charge in [-0.2, -0.15) is 0 Å². The van der Waals surface area contributed by atoms with E-state index in [9.17, 15) is 19.2 Å². The topological polar surface area (TPSA) is 108 Å². The van der Waals surface area contributed by atoms with Gasteiger partial charge in [0, 0.05) is 11.1 Å². The van der Waals surface area contributed by atoms with Crippen molar-refractivity contribution >= 4 is 23.8 Å². The average Bonchev–Trinajstić information content (AvgIpc) is 2.89. The van der Waals surface area contributed by atoms with E-state index in [-0.39, 0.29) is 18.0 Å². The van der Waals surface area contributed by atoms with Gasteiger partial charge < -0.3 is 19.5 Å². The Morgan fingerprint density at radius 2 is 1.38 bits per heavy atom. The highest BCUT2D eigenvalue weighted by Crippen LogP contribution is 2.13. The molecule has 0 spiro atoms. The Morgan fingerprint density at radius 3 is 1.97 bits per heavy atom. The first-order valence-electron chi connectivity index (χ1n) is 11.7. The van der Waals surface area contributed by atoms with Crippen molar-refractivity contribution < 1.29 is 33.4 Å². The van der Waals surface area contributed by atoms with Crippen LogP contribution in [0.2, 0.25) is 0 Å². The van der Waals surface area contributed by atoms with E-state index in [0.717, 1.165) is 5.56 Å². The summed E-state index contributed by atoms with van der Waals surface area (Å²) in [5, 5.41) is 2.40. The molecule has 1 atom stereocenters. The fourth-order valence-electron chi connectivity index (χ4n) is 3.20. The van der Waals surface area contributed by atoms with Gasteiger partial charge in [0.1, 0.15) is 18.8 Å². The summed E-state index contributed by atoms with van der Waals surface area (Å²) in [6.45, 7) is 4.55. The molecule has 0 unspecified atom stereocenters. The summed E-state index contributed by atoms with van der Waals surface area (Å²) < 4.78 is 15.8. The monoisotopic (exact) mass is 505 g/mol. The Hall–Kier alpha value is -4.46. The van der Waals surface area contributed by atoms with E-state index in [1.54, 1.807) is 69.3 Å². The van der Waals surface area contributed by atoms with E-state index in [0.29, 0.717) is 11.1 Å². The Labute approximate surface area is 215 Å². The second kappa shape index (κ2) is 12.5. The molecule has 0 aliphatic heterocycles. The molecule has 0 bridgehead atoms. The normalized spacial score (nSPS) is 11.6. The summed E-state index contributed by atoms with van der Waals surface area (Å²) in [5.41, 5.74) is 1.09. The Morgan fingerprint density at radius 1 is 0.811 bits per heavy atom. The van der Waals surface area contributed by atoms with Crippen molar-refractivity contribution in [3.63, 3.8) is 0 Å². The molecule has 0 heterocycles. The molecular formula is C29H29NO7. The van der Waals surface area contributed by atoms with Gasteiger partial charge in [-0.05, 0) is 38.5 Å². The lowest BCUT2D eigenvalue weighted by atomic mass is 10.2. The molecule has 8 heteroatoms. The van der Waals surface area contributed by atoms with Crippen LogP contribution in [0.4, 0.5) is 4.79 Å². The van der Waals surface area contributed by atoms with Gasteiger partial charge in [-0.3, -0.25) is 4.79 Å². The number of ether oxygens (including phenoxy) is 3. The number of carbonyl (C=O) groups is 4. The maximum atomic E-state index is 12.7. The van der Waals surface area contributed by atoms with E-state index >= 15 is 0 Å². The molecule has 1 amide bonds. The van der Waals surface area contributed by atoms with E-state index in [4.69, 9.17) is 14.2 Å². The van der Waals surface area contributed by atoms with Crippen LogP contribution in [0.5, 0.6) is 0 Å². The lowest BCUT2D eigenvalue weighted by Gasteiger charge is -2.23. The van der Waals surface area contributed by atoms with E-state index in [2.05, 4.69) is 5.32 Å². The first-order chi connectivity index (χ1) is 17.6. The fourth-order valence-corrected chi connectivity index (χ4v) is 3.20. The van der Waals surface area contributed by atoms with Crippen molar-refractivity contribution in [2.75, 3.05) is 6.61 Å². The third-order valence-electron chi connectivity index (χ3n) is 5.00. The quantitative estimate of drug-likeness (QED) is 0.255. The highest BCUT2D eigenvalue weighted by atomic mass is 16.6. The van der Waals surface area contributed by atoms with Crippen molar-refractivity contribution in [3.05, 3.63) is 107 Å². The van der Waals surface area contributed by atoms with Crippen molar-refractivity contribution in [1.82, 2.24) is 5.32 Å². The van der Waals surface area contributed by atoms with Gasteiger partial charge in [-0.1, -0.05) is 72.8 Å². The van der Waals surface area contributed by atoms with Crippen LogP contribution in [0.3, 0.4) is 0 Å². The minimum atomic E-state index is -1.29. The lowest BCUT2D eigenvalue weighted by Crippen LogP contribution is -2.47. The third kappa shape index (κ3) is 8.61. The zero-order valence-electron chi connectivity index (χ0n) is 20.9. The second-order valence-corrected chi connectivity index (χ2v) is 9.16. The second-order valence-electron chi connectivity index (χ2n) is 9.16. The molecule has 0 saturated heterocycles. The Balaban J connectivity index is 1.63. The Bertz CT molecular complexity index is 1220. The van der Waals surface area contributed by atoms with Gasteiger partial charge in [0.15, 0.2) is 11.8 Å². The van der Waals surface area contributed by atoms with E-state index in [1.807, 2.05) is 12.1 Å². The number of esters is 2. The molecule has 3 rings (SSSR count). The van der Waals surface area contributed by atoms with Crippen LogP contribution in [-0.4, -0.2) is 42.1 Å². The average molecular weight is 506 g/mol. The van der Waals surface area contributed by atoms with Crippen molar-refractivity contribution in [3.8, 4) is 0 Å². The smallest absolute Gasteiger partial charge is 0.408 e. The van der Waals surface area contributed by atoms with Gasteiger partial charge in [0.05, 0.1) is 5.56 Å². The number of hydrogen-bond donors (Lipinski definition) is 1. The molecular weight excluding hydrogens is 476 g/mol. The van der Waals surface area contributed by atoms with Gasteiger partial charge in [0.2, 0.25) is 0 Å². The van der Waals surface area contributed by atoms with E-state index < -0.39 is 36.3 Å². The minimum absolute atomic E-state index is 0.0168. The molecule has 0 radical (unpaired) electrons. The zero-order chi connectivity index (χ0) is 26.8. The standard InChI is InChI=1S/C29H29NO7/c1-29(2,3)37-28(34)30-24(27(33)35-18-20-10-6-4-7-11-20)19-36-26(32)23-16-14-22(15-17-23)25(31)21-12-8-5-9-13-21/h4-17,24H,18-19H2,1-3H3,(H,30,34)/t24-/m0/s1/i25+2. The first-order valence-corrected chi connectivity index (χ1v) is 11.7. The molecule has 8 nitrogen and oxygen atoms in total. The van der Waals surface area contributed by atoms with Crippen LogP contribution in [0.25, 0.3) is 0 Å². The Kier molecular flexibility index (Phi) is 9.16. The van der Waals surface area contributed by atoms with Crippen LogP contribution in [0.15, 0.2) is 84.9 Å². The molecule has 1 N–H and O–H groups in total. The summed E-state index contributed by atoms with van der Waals surface area (Å²) in [4.78, 5) is 50.1. The molecule has 0 saturated carbocycles. The highest BCUT2D eigenvalue weighted by molar-refractivity contribution is 6.09. The molecule has 3 aromatic carbocycles. The van der Waals surface area contributed by atoms with Crippen LogP contribution >= 0.6 is 0 Å². The number of rotatable bonds is 9. The van der Waals surface area contributed by atoms with Crippen molar-refractivity contribution in [2.45, 2.75) is 39.0 Å². The molecule has 0 aliphatic rings. The molecule has 192 valence electrons. The molecule has 3 aromatic rings. The largest absolute Gasteiger partial charge is 0.459 e. The maximum Gasteiger partial charge on any atom is 0.408 e. The number of carbonyl (C=O) groups excluding carboxylic acids is 4. The summed E-state index contributed by atoms with van der Waals surface area (Å²) in [6.07, 6.45) is -0.853. The minimum Gasteiger partial charge on any atom is -0.459 e. The summed E-state index contributed by atoms with van der Waals surface area (Å²) in [6, 6.07) is 22.5. The molecule has 37 heavy (non-hydrogen) atoms. The van der Waals surface area contributed by atoms with Crippen LogP contribution in [0.1, 0.15) is 52.6 Å². The van der Waals surface area contributed by atoms with Gasteiger partial charge >= 0.3 is 18.0 Å². The number of ketones is 1. The summed E-state index contributed by atoms with van der Waals surface area (Å²) in [7, 11) is 0. The fraction of sp³-hybridized carbons (Fsp3) is 0.241. The number of amides is 1. The predicted octanol–water partition coefficient (Wildman–Crippen LogP) is 4.71. The van der Waals surface area contributed by atoms with Gasteiger partial charge in [0.25, 0.3) is 0 Å². The third-order valence-corrected chi connectivity index (χ3v) is 5.00. The highest BCUT2D eigenvalue weighted by Gasteiger charge is 2.27. The number of benzene rings is 3. The lowest BCUT2D eigenvalue weighted by molar-refractivity contribution is -0.148. The number of nitrogens with one attached hydrogen (secondary N) is 1. The predicted molar refractivity (Wildman–Crippen MR) is 136 cm³/mol. The zero-order valence-corrected chi connectivity index (χ0v) is 20.9. The summed E-state index contributed by atoms with van der Waals surface area (Å²) >= 11 is 0. The summed E-state index contributed by atoms with van der Waals surface area (Å²) in [5.74, 6) is -1.69. The van der Waals surface area contributed by atoms with Crippen molar-refractivity contribution in [2.24, 2.45) is 0 Å². The number of alkyl carbamates (subject to hydrolysis) is 1. The van der Waals surface area contributed by atoms with Crippen LogP contribution < -0.4 is 5.32 Å². The van der Waals surface area contributed by atoms with Crippen LogP contribution in [0, 0.1) is 0 Å². The SMILES string of the molecule is CC(C)(C)OC(=O)N[C@@H](COC(=O)c1ccc([14C](=O)c2ccccc2)cc1)C(=O)OCc1ccccc1. The van der Waals surface area contributed by atoms with Gasteiger partial charge in [-0.15, -0.1) is 0 Å². The maximum absolute atomic E-state index is 12.7. The molecule has 0 aliphatic carbocycles. The first kappa shape index (κ1) is 27.1.